The molecule has 0 amide bonds. The highest BCUT2D eigenvalue weighted by atomic mass is 79.9. The second kappa shape index (κ2) is 4.96. The molecule has 0 bridgehead atoms. The molecule has 0 aliphatic heterocycles. The zero-order valence-corrected chi connectivity index (χ0v) is 10.2. The van der Waals surface area contributed by atoms with Crippen LogP contribution in [0.4, 0.5) is 5.82 Å². The first-order valence-electron chi connectivity index (χ1n) is 4.78. The van der Waals surface area contributed by atoms with Gasteiger partial charge in [0.2, 0.25) is 0 Å². The molecule has 0 unspecified atom stereocenters. The van der Waals surface area contributed by atoms with Gasteiger partial charge in [-0.3, -0.25) is 5.10 Å². The van der Waals surface area contributed by atoms with Crippen molar-refractivity contribution in [2.24, 2.45) is 0 Å². The maximum Gasteiger partial charge on any atom is 0.337 e. The number of halogens is 1. The number of carboxylic acids is 1. The van der Waals surface area contributed by atoms with E-state index < -0.39 is 5.97 Å². The lowest BCUT2D eigenvalue weighted by Gasteiger charge is -2.06. The van der Waals surface area contributed by atoms with E-state index >= 15 is 0 Å². The first-order chi connectivity index (χ1) is 8.16. The van der Waals surface area contributed by atoms with Crippen molar-refractivity contribution in [3.05, 3.63) is 40.3 Å². The van der Waals surface area contributed by atoms with Crippen molar-refractivity contribution in [3.8, 4) is 0 Å². The summed E-state index contributed by atoms with van der Waals surface area (Å²) in [6.07, 6.45) is 3.03. The van der Waals surface area contributed by atoms with Crippen LogP contribution in [0.3, 0.4) is 0 Å². The maximum atomic E-state index is 10.7. The largest absolute Gasteiger partial charge is 0.478 e. The maximum absolute atomic E-state index is 10.7. The molecule has 0 aliphatic rings. The molecule has 17 heavy (non-hydrogen) atoms. The summed E-state index contributed by atoms with van der Waals surface area (Å²) in [5.74, 6) is -0.421. The quantitative estimate of drug-likeness (QED) is 0.801. The van der Waals surface area contributed by atoms with Crippen molar-refractivity contribution in [2.75, 3.05) is 5.32 Å². The van der Waals surface area contributed by atoms with Crippen LogP contribution < -0.4 is 5.32 Å². The lowest BCUT2D eigenvalue weighted by Crippen LogP contribution is -2.04. The van der Waals surface area contributed by atoms with Gasteiger partial charge in [0.15, 0.2) is 0 Å². The molecule has 0 atom stereocenters. The third-order valence-electron chi connectivity index (χ3n) is 2.08. The van der Waals surface area contributed by atoms with Crippen LogP contribution in [-0.4, -0.2) is 26.3 Å². The number of pyridine rings is 1. The Bertz CT molecular complexity index is 527. The number of rotatable bonds is 4. The van der Waals surface area contributed by atoms with E-state index in [9.17, 15) is 4.79 Å². The van der Waals surface area contributed by atoms with E-state index in [2.05, 4.69) is 36.4 Å². The van der Waals surface area contributed by atoms with Crippen LogP contribution >= 0.6 is 15.9 Å². The predicted molar refractivity (Wildman–Crippen MR) is 64.8 cm³/mol. The fourth-order valence-electron chi connectivity index (χ4n) is 1.25. The van der Waals surface area contributed by atoms with E-state index in [0.29, 0.717) is 16.8 Å². The number of aromatic carboxylic acids is 1. The number of nitrogens with one attached hydrogen (secondary N) is 2. The van der Waals surface area contributed by atoms with E-state index in [0.717, 1.165) is 5.69 Å². The van der Waals surface area contributed by atoms with Crippen LogP contribution in [0.5, 0.6) is 0 Å². The second-order valence-electron chi connectivity index (χ2n) is 3.28. The summed E-state index contributed by atoms with van der Waals surface area (Å²) in [4.78, 5) is 14.7. The lowest BCUT2D eigenvalue weighted by molar-refractivity contribution is 0.0696. The monoisotopic (exact) mass is 296 g/mol. The number of nitrogens with zero attached hydrogens (tertiary/aromatic N) is 2. The Hall–Kier alpha value is -1.89. The van der Waals surface area contributed by atoms with Crippen LogP contribution in [0, 0.1) is 0 Å². The van der Waals surface area contributed by atoms with Gasteiger partial charge >= 0.3 is 5.97 Å². The van der Waals surface area contributed by atoms with Crippen LogP contribution in [0.25, 0.3) is 0 Å². The van der Waals surface area contributed by atoms with E-state index in [4.69, 9.17) is 5.11 Å². The van der Waals surface area contributed by atoms with Gasteiger partial charge < -0.3 is 10.4 Å². The fraction of sp³-hybridized carbons (Fsp3) is 0.100. The fourth-order valence-corrected chi connectivity index (χ4v) is 1.74. The van der Waals surface area contributed by atoms with Crippen molar-refractivity contribution in [1.82, 2.24) is 15.2 Å². The van der Waals surface area contributed by atoms with Gasteiger partial charge in [-0.25, -0.2) is 9.78 Å². The molecular formula is C10H9BrN4O2. The molecule has 88 valence electrons. The van der Waals surface area contributed by atoms with Gasteiger partial charge in [-0.15, -0.1) is 0 Å². The molecule has 0 spiro atoms. The first-order valence-corrected chi connectivity index (χ1v) is 5.57. The van der Waals surface area contributed by atoms with Gasteiger partial charge in [0.05, 0.1) is 22.3 Å². The number of aromatic amines is 1. The van der Waals surface area contributed by atoms with E-state index in [1.54, 1.807) is 6.20 Å². The Kier molecular flexibility index (Phi) is 3.38. The first kappa shape index (κ1) is 11.6. The summed E-state index contributed by atoms with van der Waals surface area (Å²) < 4.78 is 0.605. The molecule has 7 heteroatoms. The zero-order valence-electron chi connectivity index (χ0n) is 8.64. The van der Waals surface area contributed by atoms with Gasteiger partial charge in [-0.05, 0) is 28.1 Å². The van der Waals surface area contributed by atoms with Gasteiger partial charge in [-0.2, -0.15) is 5.10 Å². The average molecular weight is 297 g/mol. The standard InChI is InChI=1S/C10H9BrN4O2/c11-8-3-6(10(16)17)4-12-9(8)13-5-7-1-2-14-15-7/h1-4H,5H2,(H,12,13)(H,14,15)(H,16,17). The molecule has 0 aromatic carbocycles. The number of hydrogen-bond donors (Lipinski definition) is 3. The number of hydrogen-bond acceptors (Lipinski definition) is 4. The van der Waals surface area contributed by atoms with Gasteiger partial charge in [0.1, 0.15) is 5.82 Å². The van der Waals surface area contributed by atoms with E-state index in [1.165, 1.54) is 12.3 Å². The van der Waals surface area contributed by atoms with Crippen molar-refractivity contribution >= 4 is 27.7 Å². The van der Waals surface area contributed by atoms with Crippen LogP contribution in [0.1, 0.15) is 16.1 Å². The highest BCUT2D eigenvalue weighted by molar-refractivity contribution is 9.10. The third kappa shape index (κ3) is 2.82. The molecule has 2 aromatic heterocycles. The molecule has 0 fully saturated rings. The third-order valence-corrected chi connectivity index (χ3v) is 2.69. The molecule has 0 radical (unpaired) electrons. The van der Waals surface area contributed by atoms with Gasteiger partial charge in [0.25, 0.3) is 0 Å². The topological polar surface area (TPSA) is 90.9 Å². The predicted octanol–water partition coefficient (Wildman–Crippen LogP) is 1.88. The summed E-state index contributed by atoms with van der Waals surface area (Å²) in [6.45, 7) is 0.515. The van der Waals surface area contributed by atoms with Crippen LogP contribution in [0.2, 0.25) is 0 Å². The Morgan fingerprint density at radius 1 is 1.59 bits per heavy atom. The minimum atomic E-state index is -1.00. The molecule has 6 nitrogen and oxygen atoms in total. The molecule has 0 saturated carbocycles. The number of aromatic nitrogens is 3. The number of carbonyl (C=O) groups is 1. The number of H-pyrrole nitrogens is 1. The van der Waals surface area contributed by atoms with E-state index in [1.807, 2.05) is 6.07 Å². The zero-order chi connectivity index (χ0) is 12.3. The number of carboxylic acid groups (broad SMARTS) is 1. The molecule has 2 heterocycles. The molecule has 2 rings (SSSR count). The molecular weight excluding hydrogens is 288 g/mol. The Balaban J connectivity index is 2.09. The van der Waals surface area contributed by atoms with Gasteiger partial charge in [0, 0.05) is 12.4 Å². The second-order valence-corrected chi connectivity index (χ2v) is 4.13. The highest BCUT2D eigenvalue weighted by Crippen LogP contribution is 2.21. The summed E-state index contributed by atoms with van der Waals surface area (Å²) in [5.41, 5.74) is 0.989. The summed E-state index contributed by atoms with van der Waals surface area (Å²) in [5, 5.41) is 18.5. The Morgan fingerprint density at radius 2 is 2.41 bits per heavy atom. The van der Waals surface area contributed by atoms with Crippen molar-refractivity contribution in [2.45, 2.75) is 6.54 Å². The number of anilines is 1. The lowest BCUT2D eigenvalue weighted by atomic mass is 10.3. The Morgan fingerprint density at radius 3 is 3.00 bits per heavy atom. The van der Waals surface area contributed by atoms with Gasteiger partial charge in [-0.1, -0.05) is 0 Å². The molecule has 2 aromatic rings. The van der Waals surface area contributed by atoms with Crippen LogP contribution in [-0.2, 0) is 6.54 Å². The Labute approximate surface area is 105 Å². The SMILES string of the molecule is O=C(O)c1cnc(NCc2cc[nH]n2)c(Br)c1. The van der Waals surface area contributed by atoms with Crippen molar-refractivity contribution < 1.29 is 9.90 Å². The summed E-state index contributed by atoms with van der Waals surface area (Å²) in [7, 11) is 0. The molecule has 0 saturated heterocycles. The van der Waals surface area contributed by atoms with Crippen molar-refractivity contribution in [1.29, 1.82) is 0 Å². The highest BCUT2D eigenvalue weighted by Gasteiger charge is 2.08. The minimum Gasteiger partial charge on any atom is -0.478 e. The van der Waals surface area contributed by atoms with Crippen LogP contribution in [0.15, 0.2) is 29.0 Å². The molecule has 3 N–H and O–H groups in total. The molecule has 0 aliphatic carbocycles. The average Bonchev–Trinajstić information content (AvgIpc) is 2.80. The van der Waals surface area contributed by atoms with E-state index in [-0.39, 0.29) is 5.56 Å². The summed E-state index contributed by atoms with van der Waals surface area (Å²) in [6, 6.07) is 3.34. The summed E-state index contributed by atoms with van der Waals surface area (Å²) >= 11 is 3.26. The smallest absolute Gasteiger partial charge is 0.337 e. The van der Waals surface area contributed by atoms with Crippen molar-refractivity contribution in [3.63, 3.8) is 0 Å². The normalized spacial score (nSPS) is 10.2. The minimum absolute atomic E-state index is 0.141.